The Morgan fingerprint density at radius 2 is 0.742 bits per heavy atom. The number of pyridine rings is 4. The minimum Gasteiger partial charge on any atom is -0.469 e. The van der Waals surface area contributed by atoms with E-state index in [-0.39, 0.29) is 40.1 Å². The standard InChI is InChI=1S/C19H20N4O2S.C18H20N2O4S.C17H20N2O3S.C17H18N2O3S/c24-26(25,23-13-8-16(9-14-23)19-21-11-12-22-19)17-6-4-15(5-7-17)18-3-1-2-10-20-18;1-24-18(21)15-9-12-20(13-10-15)25(22,23)16-7-5-14(6-8-16)17-4-2-3-11-19-17;2*20-13-14-8-11-19(12-9-14)23(21,22)16-6-4-15(5-7-16)17-3-1-2-10-18-17/h1-7,10-12,16H,8-9,13-14H2,(H,21,22);2-8,11,15H,9-10,12-13H2,1H3;1-7,10,14,20H,8-9,11-13H2;1-7,10,13-14H,8-9,11-12H2. The molecule has 26 heteroatoms. The number of imidazole rings is 1. The fourth-order valence-corrected chi connectivity index (χ4v) is 17.8. The second-order valence-electron chi connectivity index (χ2n) is 23.7. The zero-order valence-corrected chi connectivity index (χ0v) is 56.9. The summed E-state index contributed by atoms with van der Waals surface area (Å²) < 4.78 is 113. The maximum Gasteiger partial charge on any atom is 0.308 e. The lowest BCUT2D eigenvalue weighted by Crippen LogP contribution is -2.40. The maximum absolute atomic E-state index is 12.9. The second kappa shape index (κ2) is 33.1. The number of aldehydes is 1. The van der Waals surface area contributed by atoms with Gasteiger partial charge in [0.15, 0.2) is 0 Å². The molecule has 0 radical (unpaired) electrons. The topological polar surface area (TPSA) is 293 Å². The third kappa shape index (κ3) is 18.0. The van der Waals surface area contributed by atoms with Crippen LogP contribution >= 0.6 is 0 Å². The first-order valence-electron chi connectivity index (χ1n) is 32.1. The number of carbonyl (C=O) groups excluding carboxylic acids is 2. The molecule has 0 unspecified atom stereocenters. The fraction of sp³-hybridized carbons (Fsp3) is 0.310. The Morgan fingerprint density at radius 3 is 1.01 bits per heavy atom. The van der Waals surface area contributed by atoms with E-state index in [0.29, 0.717) is 107 Å². The summed E-state index contributed by atoms with van der Waals surface area (Å²) in [6.07, 6.45) is 16.4. The molecule has 4 aliphatic heterocycles. The molecule has 5 aromatic heterocycles. The number of benzene rings is 4. The van der Waals surface area contributed by atoms with Crippen molar-refractivity contribution in [1.29, 1.82) is 0 Å². The highest BCUT2D eigenvalue weighted by atomic mass is 32.2. The number of esters is 1. The van der Waals surface area contributed by atoms with Crippen molar-refractivity contribution >= 4 is 52.3 Å². The van der Waals surface area contributed by atoms with E-state index in [2.05, 4.69) is 29.9 Å². The van der Waals surface area contributed by atoms with E-state index >= 15 is 0 Å². The van der Waals surface area contributed by atoms with Gasteiger partial charge in [0.1, 0.15) is 12.1 Å². The molecule has 508 valence electrons. The van der Waals surface area contributed by atoms with Crippen LogP contribution in [0.4, 0.5) is 0 Å². The molecule has 9 aromatic rings. The molecule has 4 aromatic carbocycles. The lowest BCUT2D eigenvalue weighted by Gasteiger charge is -2.30. The summed E-state index contributed by atoms with van der Waals surface area (Å²) in [4.78, 5) is 48.0. The zero-order valence-electron chi connectivity index (χ0n) is 53.6. The summed E-state index contributed by atoms with van der Waals surface area (Å²) in [5, 5.41) is 9.16. The summed E-state index contributed by atoms with van der Waals surface area (Å²) in [5.41, 5.74) is 6.79. The molecule has 0 saturated carbocycles. The van der Waals surface area contributed by atoms with Crippen LogP contribution in [0, 0.1) is 17.8 Å². The minimum absolute atomic E-state index is 0.0204. The number of H-pyrrole nitrogens is 1. The van der Waals surface area contributed by atoms with Gasteiger partial charge in [-0.05, 0) is 154 Å². The van der Waals surface area contributed by atoms with Crippen LogP contribution in [-0.2, 0) is 54.4 Å². The molecule has 0 atom stereocenters. The van der Waals surface area contributed by atoms with Crippen LogP contribution in [-0.4, -0.2) is 164 Å². The smallest absolute Gasteiger partial charge is 0.308 e. The normalized spacial score (nSPS) is 16.8. The van der Waals surface area contributed by atoms with Crippen molar-refractivity contribution in [3.63, 3.8) is 0 Å². The van der Waals surface area contributed by atoms with E-state index < -0.39 is 40.1 Å². The van der Waals surface area contributed by atoms with Gasteiger partial charge in [0.25, 0.3) is 0 Å². The number of rotatable bonds is 16. The SMILES string of the molecule is COC(=O)C1CCN(S(=O)(=O)c2ccc(-c3ccccn3)cc2)CC1.O=CC1CCN(S(=O)(=O)c2ccc(-c3ccccn3)cc2)CC1.O=S(=O)(c1ccc(-c2ccccn2)cc1)N1CCC(CO)CC1.O=S(=O)(c1ccc(-c2ccccn2)cc1)N1CCC(c2ncc[nH]2)CC1. The van der Waals surface area contributed by atoms with Crippen molar-refractivity contribution in [1.82, 2.24) is 47.1 Å². The van der Waals surface area contributed by atoms with E-state index in [4.69, 9.17) is 9.84 Å². The predicted octanol–water partition coefficient (Wildman–Crippen LogP) is 9.85. The number of hydrogen-bond acceptors (Lipinski definition) is 17. The summed E-state index contributed by atoms with van der Waals surface area (Å²) in [6.45, 7) is 3.53. The van der Waals surface area contributed by atoms with Gasteiger partial charge in [0.2, 0.25) is 40.1 Å². The van der Waals surface area contributed by atoms with Gasteiger partial charge >= 0.3 is 5.97 Å². The quantitative estimate of drug-likeness (QED) is 0.0671. The van der Waals surface area contributed by atoms with Gasteiger partial charge in [-0.3, -0.25) is 24.7 Å². The van der Waals surface area contributed by atoms with Gasteiger partial charge in [-0.25, -0.2) is 38.7 Å². The third-order valence-corrected chi connectivity index (χ3v) is 25.3. The van der Waals surface area contributed by atoms with Crippen LogP contribution in [0.3, 0.4) is 0 Å². The maximum atomic E-state index is 12.9. The number of piperidine rings is 4. The predicted molar refractivity (Wildman–Crippen MR) is 368 cm³/mol. The molecule has 22 nitrogen and oxygen atoms in total. The third-order valence-electron chi connectivity index (χ3n) is 17.7. The summed E-state index contributed by atoms with van der Waals surface area (Å²) in [7, 11) is -12.6. The molecule has 9 heterocycles. The van der Waals surface area contributed by atoms with Crippen molar-refractivity contribution in [2.45, 2.75) is 76.9 Å². The number of aliphatic hydroxyl groups is 1. The van der Waals surface area contributed by atoms with Crippen LogP contribution in [0.25, 0.3) is 45.0 Å². The van der Waals surface area contributed by atoms with Crippen molar-refractivity contribution in [3.8, 4) is 45.0 Å². The highest BCUT2D eigenvalue weighted by Crippen LogP contribution is 2.32. The Kier molecular flexibility index (Phi) is 24.3. The van der Waals surface area contributed by atoms with Crippen LogP contribution in [0.15, 0.2) is 227 Å². The number of methoxy groups -OCH3 is 1. The molecule has 0 aliphatic carbocycles. The fourth-order valence-electron chi connectivity index (χ4n) is 11.9. The van der Waals surface area contributed by atoms with Gasteiger partial charge in [-0.15, -0.1) is 0 Å². The highest BCUT2D eigenvalue weighted by Gasteiger charge is 2.35. The average Bonchev–Trinajstić information content (AvgIpc) is 1.33. The van der Waals surface area contributed by atoms with Crippen molar-refractivity contribution < 1.29 is 53.1 Å². The van der Waals surface area contributed by atoms with Crippen LogP contribution in [0.5, 0.6) is 0 Å². The van der Waals surface area contributed by atoms with Gasteiger partial charge in [0.05, 0.1) is 55.4 Å². The molecule has 13 rings (SSSR count). The lowest BCUT2D eigenvalue weighted by molar-refractivity contribution is -0.146. The largest absolute Gasteiger partial charge is 0.469 e. The lowest BCUT2D eigenvalue weighted by atomic mass is 9.98. The number of ether oxygens (including phenoxy) is 1. The molecule has 0 bridgehead atoms. The highest BCUT2D eigenvalue weighted by molar-refractivity contribution is 7.90. The molecule has 4 saturated heterocycles. The van der Waals surface area contributed by atoms with Gasteiger partial charge < -0.3 is 19.6 Å². The van der Waals surface area contributed by atoms with Crippen LogP contribution in [0.1, 0.15) is 63.1 Å². The number of nitrogens with zero attached hydrogens (tertiary/aromatic N) is 9. The number of aliphatic hydroxyl groups excluding tert-OH is 1. The Hall–Kier alpha value is -8.57. The van der Waals surface area contributed by atoms with E-state index in [1.807, 2.05) is 91.1 Å². The summed E-state index contributed by atoms with van der Waals surface area (Å²) in [6, 6.07) is 49.8. The summed E-state index contributed by atoms with van der Waals surface area (Å²) in [5.74, 6) is 0.949. The number of nitrogens with one attached hydrogen (secondary N) is 1. The summed E-state index contributed by atoms with van der Waals surface area (Å²) >= 11 is 0. The van der Waals surface area contributed by atoms with Gasteiger partial charge in [-0.1, -0.05) is 72.8 Å². The Balaban J connectivity index is 0.000000141. The van der Waals surface area contributed by atoms with Gasteiger partial charge in [0, 0.05) is 130 Å². The van der Waals surface area contributed by atoms with E-state index in [9.17, 15) is 43.3 Å². The molecular weight excluding hydrogens is 1310 g/mol. The van der Waals surface area contributed by atoms with Crippen molar-refractivity contribution in [2.75, 3.05) is 66.1 Å². The van der Waals surface area contributed by atoms with Crippen molar-refractivity contribution in [2.24, 2.45) is 17.8 Å². The number of aromatic amines is 1. The Labute approximate surface area is 567 Å². The molecule has 0 spiro atoms. The first-order chi connectivity index (χ1) is 46.9. The molecular formula is C71H78N10O12S4. The molecule has 97 heavy (non-hydrogen) atoms. The number of hydrogen-bond donors (Lipinski definition) is 2. The molecule has 0 amide bonds. The molecule has 4 fully saturated rings. The van der Waals surface area contributed by atoms with E-state index in [0.717, 1.165) is 70.0 Å². The van der Waals surface area contributed by atoms with Crippen LogP contribution in [0.2, 0.25) is 0 Å². The van der Waals surface area contributed by atoms with Crippen LogP contribution < -0.4 is 0 Å². The number of aromatic nitrogens is 6. The minimum atomic E-state index is -3.56. The second-order valence-corrected chi connectivity index (χ2v) is 31.5. The van der Waals surface area contributed by atoms with Crippen molar-refractivity contribution in [3.05, 3.63) is 213 Å². The monoisotopic (exact) mass is 1390 g/mol. The Morgan fingerprint density at radius 1 is 0.433 bits per heavy atom. The average molecular weight is 1390 g/mol. The van der Waals surface area contributed by atoms with Gasteiger partial charge in [-0.2, -0.15) is 17.2 Å². The first kappa shape index (κ1) is 71.2. The molecule has 4 aliphatic rings. The first-order valence-corrected chi connectivity index (χ1v) is 37.8. The number of sulfonamides is 4. The van der Waals surface area contributed by atoms with E-state index in [1.165, 1.54) is 20.0 Å². The molecule has 2 N–H and O–H groups in total. The number of carbonyl (C=O) groups is 2. The zero-order chi connectivity index (χ0) is 68.4. The Bertz CT molecular complexity index is 4430. The van der Waals surface area contributed by atoms with E-state index in [1.54, 1.807) is 120 Å².